The predicted octanol–water partition coefficient (Wildman–Crippen LogP) is 6.44. The van der Waals surface area contributed by atoms with Gasteiger partial charge in [0.2, 0.25) is 5.79 Å². The molecule has 1 aromatic heterocycles. The van der Waals surface area contributed by atoms with Gasteiger partial charge in [0.05, 0.1) is 23.9 Å². The lowest BCUT2D eigenvalue weighted by Gasteiger charge is -2.37. The van der Waals surface area contributed by atoms with E-state index in [1.807, 2.05) is 49.8 Å². The summed E-state index contributed by atoms with van der Waals surface area (Å²) in [5, 5.41) is 0.964. The molecule has 0 radical (unpaired) electrons. The van der Waals surface area contributed by atoms with Crippen molar-refractivity contribution < 1.29 is 14.2 Å². The number of ether oxygens (including phenoxy) is 3. The number of likely N-dealkylation sites (N-methyl/N-ethyl adjacent to an activating group) is 1. The number of hydrogen-bond acceptors (Lipinski definition) is 7. The molecule has 3 unspecified atom stereocenters. The lowest BCUT2D eigenvalue weighted by atomic mass is 10.1. The molecule has 12 heteroatoms. The van der Waals surface area contributed by atoms with Gasteiger partial charge in [-0.15, -0.1) is 0 Å². The van der Waals surface area contributed by atoms with Gasteiger partial charge in [0.15, 0.2) is 0 Å². The molecule has 6 rings (SSSR count). The Morgan fingerprint density at radius 3 is 2.28 bits per heavy atom. The van der Waals surface area contributed by atoms with E-state index in [2.05, 4.69) is 58.9 Å². The summed E-state index contributed by atoms with van der Waals surface area (Å²) < 4.78 is 22.4. The lowest BCUT2D eigenvalue weighted by Crippen LogP contribution is -2.46. The summed E-state index contributed by atoms with van der Waals surface area (Å²) in [6.45, 7) is 8.63. The molecule has 3 aromatic carbocycles. The number of terminal acetylenes is 1. The fourth-order valence-corrected chi connectivity index (χ4v) is 6.92. The Hall–Kier alpha value is -4.40. The molecule has 3 atom stereocenters. The minimum atomic E-state index is -1.15. The van der Waals surface area contributed by atoms with Gasteiger partial charge in [-0.25, -0.2) is 4.79 Å². The van der Waals surface area contributed by atoms with Crippen molar-refractivity contribution in [3.8, 4) is 23.9 Å². The summed E-state index contributed by atoms with van der Waals surface area (Å²) >= 11 is 12.8. The van der Waals surface area contributed by atoms with Gasteiger partial charge in [0.25, 0.3) is 0 Å². The van der Waals surface area contributed by atoms with Crippen molar-refractivity contribution in [2.45, 2.75) is 38.2 Å². The number of imidazole rings is 1. The van der Waals surface area contributed by atoms with E-state index < -0.39 is 5.79 Å². The average molecular weight is 718 g/mol. The van der Waals surface area contributed by atoms with Gasteiger partial charge in [0, 0.05) is 79.7 Å². The van der Waals surface area contributed by atoms with Crippen LogP contribution in [0.15, 0.2) is 88.9 Å². The number of rotatable bonds is 12. The third-order valence-electron chi connectivity index (χ3n) is 9.27. The van der Waals surface area contributed by atoms with Crippen LogP contribution in [0.5, 0.6) is 5.75 Å². The molecule has 4 aromatic rings. The highest BCUT2D eigenvalue weighted by Crippen LogP contribution is 2.40. The number of anilines is 2. The molecule has 2 aliphatic rings. The zero-order chi connectivity index (χ0) is 35.3. The van der Waals surface area contributed by atoms with E-state index in [1.165, 1.54) is 0 Å². The zero-order valence-corrected chi connectivity index (χ0v) is 30.1. The van der Waals surface area contributed by atoms with Crippen molar-refractivity contribution in [2.24, 2.45) is 4.99 Å². The van der Waals surface area contributed by atoms with Crippen molar-refractivity contribution in [3.05, 3.63) is 105 Å². The van der Waals surface area contributed by atoms with Gasteiger partial charge in [0.1, 0.15) is 24.8 Å². The fraction of sp³-hybridized carbons (Fsp3) is 0.368. The number of aromatic nitrogens is 2. The molecule has 0 bridgehead atoms. The third-order valence-corrected chi connectivity index (χ3v) is 9.82. The Morgan fingerprint density at radius 1 is 1.02 bits per heavy atom. The van der Waals surface area contributed by atoms with E-state index in [4.69, 9.17) is 43.8 Å². The van der Waals surface area contributed by atoms with Crippen LogP contribution in [0.3, 0.4) is 0 Å². The predicted molar refractivity (Wildman–Crippen MR) is 200 cm³/mol. The topological polar surface area (TPSA) is 76.7 Å². The zero-order valence-electron chi connectivity index (χ0n) is 28.5. The number of halogens is 2. The number of benzene rings is 3. The van der Waals surface area contributed by atoms with Crippen LogP contribution in [0.25, 0.3) is 5.69 Å². The van der Waals surface area contributed by atoms with Gasteiger partial charge < -0.3 is 28.9 Å². The van der Waals surface area contributed by atoms with E-state index in [1.54, 1.807) is 32.5 Å². The molecule has 50 heavy (non-hydrogen) atoms. The molecule has 3 heterocycles. The second-order valence-corrected chi connectivity index (χ2v) is 13.5. The number of hydrogen-bond donors (Lipinski definition) is 0. The van der Waals surface area contributed by atoms with E-state index >= 15 is 0 Å². The highest BCUT2D eigenvalue weighted by molar-refractivity contribution is 6.35. The van der Waals surface area contributed by atoms with Crippen LogP contribution in [-0.4, -0.2) is 79.5 Å². The normalized spacial score (nSPS) is 19.9. The van der Waals surface area contributed by atoms with Crippen LogP contribution in [0, 0.1) is 12.5 Å². The molecular weight excluding hydrogens is 675 g/mol. The standard InChI is InChI=1S/C38H42Cl2N6O4/c1-5-28(3)45-21-22-46(37(45)47)32-10-8-30(9-11-32)43-17-19-44(20-18-43)31-12-14-33(15-13-31)48-24-34-25-49-38(50-34,26-42(4)27-41-6-2)35-16-7-29(39)23-36(35)40/h2,7-16,21-23,27-28,34H,5,17-20,24-26H2,1,3-4H3. The Bertz CT molecular complexity index is 1880. The minimum Gasteiger partial charge on any atom is -0.491 e. The second-order valence-electron chi connectivity index (χ2n) is 12.6. The Labute approximate surface area is 303 Å². The molecule has 262 valence electrons. The van der Waals surface area contributed by atoms with Crippen molar-refractivity contribution in [3.63, 3.8) is 0 Å². The Morgan fingerprint density at radius 2 is 1.66 bits per heavy atom. The molecule has 0 N–H and O–H groups in total. The maximum Gasteiger partial charge on any atom is 0.332 e. The van der Waals surface area contributed by atoms with Gasteiger partial charge in [-0.2, -0.15) is 4.99 Å². The molecule has 2 fully saturated rings. The largest absolute Gasteiger partial charge is 0.491 e. The Kier molecular flexibility index (Phi) is 11.1. The maximum absolute atomic E-state index is 12.9. The van der Waals surface area contributed by atoms with E-state index in [0.29, 0.717) is 35.4 Å². The van der Waals surface area contributed by atoms with Crippen LogP contribution >= 0.6 is 23.2 Å². The van der Waals surface area contributed by atoms with E-state index in [9.17, 15) is 4.79 Å². The molecule has 2 saturated heterocycles. The molecule has 0 aliphatic carbocycles. The first kappa shape index (κ1) is 35.4. The first-order chi connectivity index (χ1) is 24.2. The van der Waals surface area contributed by atoms with Gasteiger partial charge in [-0.1, -0.05) is 42.6 Å². The highest BCUT2D eigenvalue weighted by atomic mass is 35.5. The van der Waals surface area contributed by atoms with Crippen molar-refractivity contribution in [2.75, 3.05) is 62.8 Å². The van der Waals surface area contributed by atoms with Gasteiger partial charge >= 0.3 is 5.69 Å². The quantitative estimate of drug-likeness (QED) is 0.0949. The van der Waals surface area contributed by atoms with Crippen LogP contribution in [0.1, 0.15) is 31.9 Å². The highest BCUT2D eigenvalue weighted by Gasteiger charge is 2.45. The van der Waals surface area contributed by atoms with Gasteiger partial charge in [-0.05, 0) is 74.0 Å². The number of nitrogens with zero attached hydrogens (tertiary/aromatic N) is 6. The molecule has 0 spiro atoms. The van der Waals surface area contributed by atoms with Crippen LogP contribution in [0.4, 0.5) is 11.4 Å². The molecule has 2 aliphatic heterocycles. The summed E-state index contributed by atoms with van der Waals surface area (Å²) in [4.78, 5) is 23.3. The average Bonchev–Trinajstić information content (AvgIpc) is 3.73. The lowest BCUT2D eigenvalue weighted by molar-refractivity contribution is -0.184. The van der Waals surface area contributed by atoms with Gasteiger partial charge in [-0.3, -0.25) is 9.13 Å². The smallest absolute Gasteiger partial charge is 0.332 e. The Balaban J connectivity index is 1.02. The first-order valence-corrected chi connectivity index (χ1v) is 17.5. The van der Waals surface area contributed by atoms with E-state index in [-0.39, 0.29) is 17.8 Å². The number of piperazine rings is 1. The SMILES string of the molecule is C#CN=CN(C)CC1(c2ccc(Cl)cc2Cl)OCC(COc2ccc(N3CCN(c4ccc(-n5ccn(C(C)CC)c5=O)cc4)CC3)cc2)O1. The molecule has 0 amide bonds. The van der Waals surface area contributed by atoms with Crippen molar-refractivity contribution in [1.82, 2.24) is 14.0 Å². The van der Waals surface area contributed by atoms with Crippen LogP contribution < -0.4 is 20.2 Å². The molecule has 10 nitrogen and oxygen atoms in total. The maximum atomic E-state index is 12.9. The summed E-state index contributed by atoms with van der Waals surface area (Å²) in [6, 6.07) is 24.1. The summed E-state index contributed by atoms with van der Waals surface area (Å²) in [5.74, 6) is -0.409. The van der Waals surface area contributed by atoms with Crippen LogP contribution in [0.2, 0.25) is 10.0 Å². The molecule has 0 saturated carbocycles. The van der Waals surface area contributed by atoms with Crippen molar-refractivity contribution >= 4 is 40.9 Å². The fourth-order valence-electron chi connectivity index (χ4n) is 6.36. The third kappa shape index (κ3) is 7.82. The monoisotopic (exact) mass is 716 g/mol. The van der Waals surface area contributed by atoms with Crippen LogP contribution in [-0.2, 0) is 15.3 Å². The summed E-state index contributed by atoms with van der Waals surface area (Å²) in [6.07, 6.45) is 11.1. The molecular formula is C38H42Cl2N6O4. The number of aliphatic imine (C=N–C) groups is 1. The first-order valence-electron chi connectivity index (χ1n) is 16.8. The summed E-state index contributed by atoms with van der Waals surface area (Å²) in [7, 11) is 1.83. The second kappa shape index (κ2) is 15.7. The van der Waals surface area contributed by atoms with Crippen molar-refractivity contribution in [1.29, 1.82) is 0 Å². The minimum absolute atomic E-state index is 0.00810. The summed E-state index contributed by atoms with van der Waals surface area (Å²) in [5.41, 5.74) is 3.83. The van der Waals surface area contributed by atoms with E-state index in [0.717, 1.165) is 55.4 Å².